The summed E-state index contributed by atoms with van der Waals surface area (Å²) in [6.07, 6.45) is 0. The normalized spacial score (nSPS) is 11.7. The first-order valence-electron chi connectivity index (χ1n) is 22.0. The molecule has 0 saturated carbocycles. The molecular weight excluding hydrogens is 807 g/mol. The number of hydrogen-bond donors (Lipinski definition) is 0. The molecule has 10 aromatic carbocycles. The maximum absolute atomic E-state index is 11.5. The summed E-state index contributed by atoms with van der Waals surface area (Å²) in [6, 6.07) is 83.5. The van der Waals surface area contributed by atoms with Gasteiger partial charge in [-0.25, -0.2) is 0 Å². The Kier molecular flexibility index (Phi) is 8.46. The molecule has 0 bridgehead atoms. The van der Waals surface area contributed by atoms with Crippen molar-refractivity contribution in [3.8, 4) is 62.0 Å². The minimum atomic E-state index is 0.619. The first kappa shape index (κ1) is 37.1. The number of hydrogen-bond acceptors (Lipinski definition) is 2. The molecule has 0 unspecified atom stereocenters. The van der Waals surface area contributed by atoms with Crippen molar-refractivity contribution < 1.29 is 0 Å². The molecule has 0 atom stereocenters. The van der Waals surface area contributed by atoms with E-state index in [0.717, 1.165) is 98.5 Å². The van der Waals surface area contributed by atoms with Gasteiger partial charge in [0.15, 0.2) is 0 Å². The Morgan fingerprint density at radius 3 is 1.05 bits per heavy atom. The van der Waals surface area contributed by atoms with Gasteiger partial charge in [-0.15, -0.1) is 11.3 Å². The molecule has 13 aromatic rings. The van der Waals surface area contributed by atoms with Crippen molar-refractivity contribution >= 4 is 75.1 Å². The average Bonchev–Trinajstić information content (AvgIpc) is 4.03. The molecule has 0 N–H and O–H groups in total. The molecule has 3 heterocycles. The van der Waals surface area contributed by atoms with Gasteiger partial charge >= 0.3 is 0 Å². The zero-order valence-electron chi connectivity index (χ0n) is 35.1. The predicted octanol–water partition coefficient (Wildman–Crippen LogP) is 16.8. The molecule has 3 aromatic heterocycles. The first-order valence-corrected chi connectivity index (χ1v) is 22.8. The van der Waals surface area contributed by atoms with E-state index >= 15 is 0 Å². The van der Waals surface area contributed by atoms with Crippen molar-refractivity contribution in [1.29, 1.82) is 5.26 Å². The van der Waals surface area contributed by atoms with E-state index in [4.69, 9.17) is 0 Å². The van der Waals surface area contributed by atoms with Gasteiger partial charge in [-0.2, -0.15) is 5.26 Å². The van der Waals surface area contributed by atoms with Crippen molar-refractivity contribution in [3.05, 3.63) is 230 Å². The largest absolute Gasteiger partial charge is 0.306 e. The van der Waals surface area contributed by atoms with E-state index in [1.54, 1.807) is 11.3 Å². The van der Waals surface area contributed by atoms with Crippen LogP contribution in [0.25, 0.3) is 120 Å². The molecule has 0 saturated heterocycles. The van der Waals surface area contributed by atoms with E-state index in [2.05, 4.69) is 240 Å². The molecule has 0 fully saturated rings. The highest BCUT2D eigenvalue weighted by atomic mass is 32.1. The second kappa shape index (κ2) is 14.8. The molecular formula is C61H37N3S. The van der Waals surface area contributed by atoms with Crippen molar-refractivity contribution in [3.63, 3.8) is 0 Å². The van der Waals surface area contributed by atoms with Crippen molar-refractivity contribution in [1.82, 2.24) is 9.13 Å². The maximum atomic E-state index is 11.5. The molecule has 3 nitrogen and oxygen atoms in total. The number of nitrogens with zero attached hydrogens (tertiary/aromatic N) is 3. The molecule has 0 aliphatic rings. The summed E-state index contributed by atoms with van der Waals surface area (Å²) < 4.78 is 7.10. The van der Waals surface area contributed by atoms with Crippen LogP contribution in [0.2, 0.25) is 0 Å². The number of nitriles is 1. The third kappa shape index (κ3) is 5.87. The Bertz CT molecular complexity index is 3850. The lowest BCUT2D eigenvalue weighted by Crippen LogP contribution is -2.07. The maximum Gasteiger partial charge on any atom is 0.101 e. The summed E-state index contributed by atoms with van der Waals surface area (Å²) in [5.41, 5.74) is 16.0. The minimum Gasteiger partial charge on any atom is -0.306 e. The Morgan fingerprint density at radius 1 is 0.308 bits per heavy atom. The third-order valence-electron chi connectivity index (χ3n) is 13.1. The van der Waals surface area contributed by atoms with Crippen LogP contribution >= 0.6 is 11.3 Å². The predicted molar refractivity (Wildman–Crippen MR) is 274 cm³/mol. The van der Waals surface area contributed by atoms with Crippen molar-refractivity contribution in [2.45, 2.75) is 0 Å². The number of fused-ring (bicyclic) bond motifs is 9. The number of benzene rings is 10. The van der Waals surface area contributed by atoms with Crippen molar-refractivity contribution in [2.75, 3.05) is 0 Å². The van der Waals surface area contributed by atoms with Crippen LogP contribution in [0.15, 0.2) is 224 Å². The van der Waals surface area contributed by atoms with E-state index < -0.39 is 0 Å². The molecule has 4 heteroatoms. The van der Waals surface area contributed by atoms with Gasteiger partial charge in [0.05, 0.1) is 39.0 Å². The number of rotatable bonds is 6. The van der Waals surface area contributed by atoms with Crippen LogP contribution in [-0.2, 0) is 0 Å². The fraction of sp³-hybridized carbons (Fsp3) is 0. The van der Waals surface area contributed by atoms with Crippen LogP contribution in [-0.4, -0.2) is 9.13 Å². The van der Waals surface area contributed by atoms with Crippen LogP contribution in [0.5, 0.6) is 0 Å². The van der Waals surface area contributed by atoms with Gasteiger partial charge < -0.3 is 9.13 Å². The summed E-state index contributed by atoms with van der Waals surface area (Å²) in [7, 11) is 0. The van der Waals surface area contributed by atoms with Gasteiger partial charge in [0.2, 0.25) is 0 Å². The Morgan fingerprint density at radius 2 is 0.662 bits per heavy atom. The summed E-state index contributed by atoms with van der Waals surface area (Å²) >= 11 is 1.75. The fourth-order valence-electron chi connectivity index (χ4n) is 10.2. The van der Waals surface area contributed by atoms with Crippen LogP contribution in [0, 0.1) is 11.3 Å². The molecule has 0 aliphatic heterocycles. The topological polar surface area (TPSA) is 33.6 Å². The van der Waals surface area contributed by atoms with Gasteiger partial charge in [-0.1, -0.05) is 164 Å². The first-order chi connectivity index (χ1) is 32.2. The molecule has 0 amide bonds. The zero-order valence-corrected chi connectivity index (χ0v) is 35.9. The van der Waals surface area contributed by atoms with E-state index in [-0.39, 0.29) is 0 Å². The smallest absolute Gasteiger partial charge is 0.101 e. The van der Waals surface area contributed by atoms with Gasteiger partial charge in [0, 0.05) is 41.7 Å². The van der Waals surface area contributed by atoms with Gasteiger partial charge in [-0.05, 0) is 105 Å². The quantitative estimate of drug-likeness (QED) is 0.164. The molecule has 65 heavy (non-hydrogen) atoms. The third-order valence-corrected chi connectivity index (χ3v) is 14.3. The lowest BCUT2D eigenvalue weighted by atomic mass is 10.0. The summed E-state index contributed by atoms with van der Waals surface area (Å²) in [4.78, 5) is 0. The van der Waals surface area contributed by atoms with Gasteiger partial charge in [0.25, 0.3) is 0 Å². The lowest BCUT2D eigenvalue weighted by molar-refractivity contribution is 1.10. The zero-order chi connectivity index (χ0) is 43.0. The van der Waals surface area contributed by atoms with E-state index in [9.17, 15) is 5.26 Å². The minimum absolute atomic E-state index is 0.619. The average molecular weight is 844 g/mol. The van der Waals surface area contributed by atoms with Crippen LogP contribution in [0.1, 0.15) is 5.56 Å². The summed E-state index contributed by atoms with van der Waals surface area (Å²) in [5, 5.41) is 18.4. The molecule has 0 spiro atoms. The second-order valence-corrected chi connectivity index (χ2v) is 17.9. The molecule has 302 valence electrons. The highest BCUT2D eigenvalue weighted by Gasteiger charge is 2.27. The monoisotopic (exact) mass is 843 g/mol. The van der Waals surface area contributed by atoms with Crippen molar-refractivity contribution in [2.24, 2.45) is 0 Å². The van der Waals surface area contributed by atoms with Gasteiger partial charge in [0.1, 0.15) is 6.07 Å². The highest BCUT2D eigenvalue weighted by Crippen LogP contribution is 2.48. The van der Waals surface area contributed by atoms with E-state index in [1.807, 2.05) is 0 Å². The van der Waals surface area contributed by atoms with Crippen LogP contribution < -0.4 is 0 Å². The Labute approximate surface area is 379 Å². The SMILES string of the molecule is N#Cc1cc2sc3ccccc3c2c(-n2c3ccc(-c4ccccc4)cc3c3cc(-c4ccccc4)ccc32)c1-n1c2ccc(-c3ccccc3)cc2c2cc(-c3ccccc3)ccc21. The summed E-state index contributed by atoms with van der Waals surface area (Å²) in [5.74, 6) is 0. The Balaban J connectivity index is 1.20. The van der Waals surface area contributed by atoms with E-state index in [1.165, 1.54) is 21.2 Å². The fourth-order valence-corrected chi connectivity index (χ4v) is 11.3. The standard InChI is InChI=1S/C61H37N3S/c62-38-47-37-58-59(48-23-13-14-24-57(48)65-58)61(64-55-31-27-45(41-19-9-3-10-20-41)35-51(55)52-36-46(28-32-56(52)64)42-21-11-4-12-22-42)60(47)63-53-29-25-43(39-15-5-1-6-16-39)33-49(53)50-34-44(26-30-54(50)63)40-17-7-2-8-18-40/h1-37H. The van der Waals surface area contributed by atoms with Crippen LogP contribution in [0.4, 0.5) is 0 Å². The molecule has 0 radical (unpaired) electrons. The number of aromatic nitrogens is 2. The number of thiophene rings is 1. The van der Waals surface area contributed by atoms with E-state index in [0.29, 0.717) is 5.56 Å². The van der Waals surface area contributed by atoms with Gasteiger partial charge in [-0.3, -0.25) is 0 Å². The highest BCUT2D eigenvalue weighted by molar-refractivity contribution is 7.26. The van der Waals surface area contributed by atoms with Crippen LogP contribution in [0.3, 0.4) is 0 Å². The Hall–Kier alpha value is -8.49. The summed E-state index contributed by atoms with van der Waals surface area (Å²) in [6.45, 7) is 0. The second-order valence-electron chi connectivity index (χ2n) is 16.8. The lowest BCUT2D eigenvalue weighted by Gasteiger charge is -2.20. The molecule has 13 rings (SSSR count). The molecule has 0 aliphatic carbocycles.